The Morgan fingerprint density at radius 2 is 1.93 bits per heavy atom. The number of benzene rings is 1. The average Bonchev–Trinajstić information content (AvgIpc) is 2.13. The summed E-state index contributed by atoms with van der Waals surface area (Å²) in [5, 5.41) is 13.1. The molecule has 0 spiro atoms. The molecule has 1 aliphatic heterocycles. The highest BCUT2D eigenvalue weighted by atomic mass is 16.6. The molecular weight excluding hydrogens is 184 g/mol. The Bertz CT molecular complexity index is 378. The van der Waals surface area contributed by atoms with E-state index in [1.165, 1.54) is 12.1 Å². The fraction of sp³-hybridized carbons (Fsp3) is 0.222. The van der Waals surface area contributed by atoms with Crippen LogP contribution in [0.5, 0.6) is 0 Å². The van der Waals surface area contributed by atoms with Crippen molar-refractivity contribution in [2.45, 2.75) is 12.5 Å². The lowest BCUT2D eigenvalue weighted by Gasteiger charge is -2.26. The van der Waals surface area contributed by atoms with Gasteiger partial charge in [0, 0.05) is 12.1 Å². The molecule has 0 radical (unpaired) electrons. The third-order valence-corrected chi connectivity index (χ3v) is 2.23. The second-order valence-electron chi connectivity index (χ2n) is 3.17. The van der Waals surface area contributed by atoms with Crippen molar-refractivity contribution in [3.8, 4) is 0 Å². The monoisotopic (exact) mass is 192 g/mol. The number of rotatable bonds is 2. The zero-order valence-corrected chi connectivity index (χ0v) is 7.27. The predicted molar refractivity (Wildman–Crippen MR) is 48.6 cm³/mol. The fourth-order valence-corrected chi connectivity index (χ4v) is 1.39. The Morgan fingerprint density at radius 3 is 2.36 bits per heavy atom. The van der Waals surface area contributed by atoms with Gasteiger partial charge in [-0.2, -0.15) is 0 Å². The highest BCUT2D eigenvalue weighted by molar-refractivity contribution is 5.83. The minimum Gasteiger partial charge on any atom is -0.349 e. The number of nitro groups is 1. The van der Waals surface area contributed by atoms with Crippen molar-refractivity contribution in [3.05, 3.63) is 39.9 Å². The van der Waals surface area contributed by atoms with Crippen LogP contribution in [0.4, 0.5) is 5.69 Å². The molecular formula is C9H8N2O3. The molecule has 1 unspecified atom stereocenters. The zero-order valence-electron chi connectivity index (χ0n) is 7.27. The largest absolute Gasteiger partial charge is 0.349 e. The number of nitro benzene ring substituents is 1. The van der Waals surface area contributed by atoms with Crippen molar-refractivity contribution in [2.24, 2.45) is 0 Å². The molecule has 0 saturated carbocycles. The summed E-state index contributed by atoms with van der Waals surface area (Å²) in [6.45, 7) is 0. The summed E-state index contributed by atoms with van der Waals surface area (Å²) in [6.07, 6.45) is 0.470. The van der Waals surface area contributed by atoms with Gasteiger partial charge in [-0.15, -0.1) is 0 Å². The van der Waals surface area contributed by atoms with Crippen LogP contribution in [0.2, 0.25) is 0 Å². The minimum absolute atomic E-state index is 0.0216. The molecule has 0 aromatic heterocycles. The normalized spacial score (nSPS) is 19.7. The predicted octanol–water partition coefficient (Wildman–Crippen LogP) is 1.16. The molecule has 1 aliphatic rings. The number of carbonyl (C=O) groups is 1. The number of hydrogen-bond acceptors (Lipinski definition) is 3. The topological polar surface area (TPSA) is 72.2 Å². The van der Waals surface area contributed by atoms with E-state index in [1.807, 2.05) is 0 Å². The molecule has 1 heterocycles. The van der Waals surface area contributed by atoms with Gasteiger partial charge < -0.3 is 5.32 Å². The van der Waals surface area contributed by atoms with Gasteiger partial charge in [0.05, 0.1) is 17.4 Å². The number of β-lactam (4-membered cyclic amide) rings is 1. The van der Waals surface area contributed by atoms with Gasteiger partial charge in [-0.1, -0.05) is 12.1 Å². The van der Waals surface area contributed by atoms with E-state index in [4.69, 9.17) is 0 Å². The second-order valence-corrected chi connectivity index (χ2v) is 3.17. The summed E-state index contributed by atoms with van der Waals surface area (Å²) in [5.41, 5.74) is 0.981. The van der Waals surface area contributed by atoms with E-state index in [-0.39, 0.29) is 17.6 Å². The molecule has 0 aliphatic carbocycles. The summed E-state index contributed by atoms with van der Waals surface area (Å²) >= 11 is 0. The highest BCUT2D eigenvalue weighted by Crippen LogP contribution is 2.25. The molecule has 5 nitrogen and oxygen atoms in total. The van der Waals surface area contributed by atoms with Gasteiger partial charge in [-0.05, 0) is 5.56 Å². The Labute approximate surface area is 79.9 Å². The molecule has 14 heavy (non-hydrogen) atoms. The van der Waals surface area contributed by atoms with Crippen LogP contribution in [-0.4, -0.2) is 10.8 Å². The Morgan fingerprint density at radius 1 is 1.36 bits per heavy atom. The Hall–Kier alpha value is -1.91. The quantitative estimate of drug-likeness (QED) is 0.434. The fourth-order valence-electron chi connectivity index (χ4n) is 1.39. The van der Waals surface area contributed by atoms with Crippen molar-refractivity contribution in [1.29, 1.82) is 0 Å². The number of non-ortho nitro benzene ring substituents is 1. The van der Waals surface area contributed by atoms with E-state index in [9.17, 15) is 14.9 Å². The number of carbonyl (C=O) groups excluding carboxylic acids is 1. The van der Waals surface area contributed by atoms with Crippen molar-refractivity contribution in [3.63, 3.8) is 0 Å². The minimum atomic E-state index is -0.441. The first kappa shape index (κ1) is 8.68. The number of amides is 1. The smallest absolute Gasteiger partial charge is 0.269 e. The summed E-state index contributed by atoms with van der Waals surface area (Å²) in [7, 11) is 0. The molecule has 1 fully saturated rings. The standard InChI is InChI=1S/C9H8N2O3/c12-9-5-8(10-9)6-1-3-7(4-2-6)11(13)14/h1-4,8H,5H2,(H,10,12). The molecule has 1 aromatic rings. The molecule has 1 aromatic carbocycles. The van der Waals surface area contributed by atoms with E-state index in [1.54, 1.807) is 12.1 Å². The van der Waals surface area contributed by atoms with Crippen LogP contribution in [0.1, 0.15) is 18.0 Å². The second kappa shape index (κ2) is 3.10. The van der Waals surface area contributed by atoms with Crippen molar-refractivity contribution in [1.82, 2.24) is 5.32 Å². The van der Waals surface area contributed by atoms with Gasteiger partial charge >= 0.3 is 0 Å². The number of nitrogens with zero attached hydrogens (tertiary/aromatic N) is 1. The molecule has 5 heteroatoms. The Kier molecular flexibility index (Phi) is 1.92. The maximum absolute atomic E-state index is 10.6. The number of nitrogens with one attached hydrogen (secondary N) is 1. The van der Waals surface area contributed by atoms with Crippen LogP contribution in [-0.2, 0) is 4.79 Å². The van der Waals surface area contributed by atoms with E-state index >= 15 is 0 Å². The molecule has 72 valence electrons. The van der Waals surface area contributed by atoms with E-state index < -0.39 is 4.92 Å². The molecule has 2 rings (SSSR count). The van der Waals surface area contributed by atoms with Gasteiger partial charge in [0.1, 0.15) is 0 Å². The van der Waals surface area contributed by atoms with E-state index in [2.05, 4.69) is 5.32 Å². The van der Waals surface area contributed by atoms with Crippen LogP contribution in [0, 0.1) is 10.1 Å². The van der Waals surface area contributed by atoms with E-state index in [0.29, 0.717) is 6.42 Å². The number of hydrogen-bond donors (Lipinski definition) is 1. The van der Waals surface area contributed by atoms with Crippen molar-refractivity contribution in [2.75, 3.05) is 0 Å². The zero-order chi connectivity index (χ0) is 10.1. The molecule has 0 bridgehead atoms. The lowest BCUT2D eigenvalue weighted by Crippen LogP contribution is -2.41. The Balaban J connectivity index is 2.14. The summed E-state index contributed by atoms with van der Waals surface area (Å²) in [6, 6.07) is 6.26. The lowest BCUT2D eigenvalue weighted by atomic mass is 9.97. The van der Waals surface area contributed by atoms with Gasteiger partial charge in [-0.3, -0.25) is 14.9 Å². The summed E-state index contributed by atoms with van der Waals surface area (Å²) < 4.78 is 0. The van der Waals surface area contributed by atoms with Crippen molar-refractivity contribution >= 4 is 11.6 Å². The maximum atomic E-state index is 10.6. The van der Waals surface area contributed by atoms with Crippen LogP contribution in [0.15, 0.2) is 24.3 Å². The lowest BCUT2D eigenvalue weighted by molar-refractivity contribution is -0.384. The van der Waals surface area contributed by atoms with Gasteiger partial charge in [-0.25, -0.2) is 0 Å². The van der Waals surface area contributed by atoms with Crippen LogP contribution in [0.3, 0.4) is 0 Å². The maximum Gasteiger partial charge on any atom is 0.269 e. The SMILES string of the molecule is O=C1CC(c2ccc([N+](=O)[O-])cc2)N1. The summed E-state index contributed by atoms with van der Waals surface area (Å²) in [4.78, 5) is 20.6. The molecule has 1 saturated heterocycles. The highest BCUT2D eigenvalue weighted by Gasteiger charge is 2.26. The molecule has 1 atom stereocenters. The first-order valence-corrected chi connectivity index (χ1v) is 4.20. The average molecular weight is 192 g/mol. The van der Waals surface area contributed by atoms with Crippen molar-refractivity contribution < 1.29 is 9.72 Å². The summed E-state index contributed by atoms with van der Waals surface area (Å²) in [5.74, 6) is 0.0216. The first-order chi connectivity index (χ1) is 6.66. The van der Waals surface area contributed by atoms with Gasteiger partial charge in [0.15, 0.2) is 0 Å². The van der Waals surface area contributed by atoms with Crippen LogP contribution < -0.4 is 5.32 Å². The van der Waals surface area contributed by atoms with Gasteiger partial charge in [0.2, 0.25) is 5.91 Å². The van der Waals surface area contributed by atoms with Gasteiger partial charge in [0.25, 0.3) is 5.69 Å². The molecule has 1 amide bonds. The van der Waals surface area contributed by atoms with Crippen LogP contribution >= 0.6 is 0 Å². The first-order valence-electron chi connectivity index (χ1n) is 4.20. The third-order valence-electron chi connectivity index (χ3n) is 2.23. The van der Waals surface area contributed by atoms with E-state index in [0.717, 1.165) is 5.56 Å². The third kappa shape index (κ3) is 1.44. The molecule has 1 N–H and O–H groups in total. The van der Waals surface area contributed by atoms with Crippen LogP contribution in [0.25, 0.3) is 0 Å².